The second kappa shape index (κ2) is 6.23. The van der Waals surface area contributed by atoms with E-state index in [0.717, 1.165) is 12.0 Å². The van der Waals surface area contributed by atoms with Gasteiger partial charge in [0.25, 0.3) is 0 Å². The molecule has 1 aromatic rings. The Morgan fingerprint density at radius 1 is 1.47 bits per heavy atom. The van der Waals surface area contributed by atoms with Gasteiger partial charge in [-0.1, -0.05) is 13.0 Å². The molecular weight excluding hydrogens is 221 g/mol. The average Bonchev–Trinajstić information content (AvgIpc) is 2.29. The van der Waals surface area contributed by atoms with Crippen molar-refractivity contribution < 1.29 is 13.9 Å². The number of carbonyl (C=O) groups excluding carboxylic acids is 1. The van der Waals surface area contributed by atoms with Gasteiger partial charge in [-0.15, -0.1) is 0 Å². The van der Waals surface area contributed by atoms with E-state index in [-0.39, 0.29) is 11.7 Å². The lowest BCUT2D eigenvalue weighted by Gasteiger charge is -2.17. The van der Waals surface area contributed by atoms with Crippen LogP contribution in [0.4, 0.5) is 4.39 Å². The number of hydrogen-bond donors (Lipinski definition) is 0. The smallest absolute Gasteiger partial charge is 0.222 e. The molecule has 0 atom stereocenters. The lowest BCUT2D eigenvalue weighted by Crippen LogP contribution is -2.25. The molecule has 3 nitrogen and oxygen atoms in total. The number of benzene rings is 1. The summed E-state index contributed by atoms with van der Waals surface area (Å²) < 4.78 is 18.3. The molecule has 0 aromatic heterocycles. The van der Waals surface area contributed by atoms with Crippen LogP contribution in [0.5, 0.6) is 5.75 Å². The second-order valence-electron chi connectivity index (χ2n) is 3.97. The number of halogens is 1. The van der Waals surface area contributed by atoms with Gasteiger partial charge in [-0.05, 0) is 24.1 Å². The normalized spacial score (nSPS) is 10.1. The van der Waals surface area contributed by atoms with Crippen LogP contribution in [-0.2, 0) is 11.3 Å². The maximum Gasteiger partial charge on any atom is 0.222 e. The Kier molecular flexibility index (Phi) is 4.94. The summed E-state index contributed by atoms with van der Waals surface area (Å²) in [6.07, 6.45) is 1.34. The minimum atomic E-state index is -0.402. The summed E-state index contributed by atoms with van der Waals surface area (Å²) in [6, 6.07) is 4.73. The highest BCUT2D eigenvalue weighted by Gasteiger charge is 2.09. The van der Waals surface area contributed by atoms with Crippen molar-refractivity contribution in [2.75, 3.05) is 14.2 Å². The molecule has 0 fully saturated rings. The van der Waals surface area contributed by atoms with Crippen LogP contribution in [-0.4, -0.2) is 25.0 Å². The van der Waals surface area contributed by atoms with Gasteiger partial charge in [-0.25, -0.2) is 4.39 Å². The maximum absolute atomic E-state index is 13.4. The van der Waals surface area contributed by atoms with Crippen molar-refractivity contribution in [2.24, 2.45) is 0 Å². The molecule has 0 saturated heterocycles. The van der Waals surface area contributed by atoms with Crippen molar-refractivity contribution in [3.63, 3.8) is 0 Å². The fraction of sp³-hybridized carbons (Fsp3) is 0.462. The van der Waals surface area contributed by atoms with E-state index < -0.39 is 5.82 Å². The summed E-state index contributed by atoms with van der Waals surface area (Å²) in [5.41, 5.74) is 0.759. The third kappa shape index (κ3) is 3.73. The van der Waals surface area contributed by atoms with Gasteiger partial charge in [-0.2, -0.15) is 0 Å². The molecule has 0 unspecified atom stereocenters. The molecule has 0 bridgehead atoms. The fourth-order valence-corrected chi connectivity index (χ4v) is 1.58. The molecule has 0 heterocycles. The van der Waals surface area contributed by atoms with Crippen LogP contribution in [0.25, 0.3) is 0 Å². The first kappa shape index (κ1) is 13.5. The van der Waals surface area contributed by atoms with Crippen molar-refractivity contribution in [1.82, 2.24) is 4.90 Å². The third-order valence-electron chi connectivity index (χ3n) is 2.53. The molecule has 4 heteroatoms. The van der Waals surface area contributed by atoms with Crippen LogP contribution < -0.4 is 4.74 Å². The van der Waals surface area contributed by atoms with Crippen LogP contribution in [0.3, 0.4) is 0 Å². The molecule has 0 radical (unpaired) electrons. The maximum atomic E-state index is 13.4. The Bertz CT molecular complexity index is 393. The SMILES string of the molecule is CCCC(=O)N(C)Cc1ccc(OC)c(F)c1. The highest BCUT2D eigenvalue weighted by molar-refractivity contribution is 5.75. The highest BCUT2D eigenvalue weighted by Crippen LogP contribution is 2.18. The van der Waals surface area contributed by atoms with Gasteiger partial charge in [0.1, 0.15) is 0 Å². The number of methoxy groups -OCH3 is 1. The molecule has 0 aliphatic heterocycles. The summed E-state index contributed by atoms with van der Waals surface area (Å²) in [6.45, 7) is 2.37. The summed E-state index contributed by atoms with van der Waals surface area (Å²) in [4.78, 5) is 13.2. The molecule has 1 aromatic carbocycles. The molecule has 0 aliphatic carbocycles. The van der Waals surface area contributed by atoms with Crippen LogP contribution >= 0.6 is 0 Å². The molecule has 17 heavy (non-hydrogen) atoms. The number of amides is 1. The molecule has 0 aliphatic rings. The molecule has 0 spiro atoms. The number of nitrogens with zero attached hydrogens (tertiary/aromatic N) is 1. The lowest BCUT2D eigenvalue weighted by atomic mass is 10.2. The van der Waals surface area contributed by atoms with E-state index >= 15 is 0 Å². The monoisotopic (exact) mass is 239 g/mol. The van der Waals surface area contributed by atoms with E-state index in [2.05, 4.69) is 0 Å². The molecule has 0 N–H and O–H groups in total. The van der Waals surface area contributed by atoms with Gasteiger partial charge < -0.3 is 9.64 Å². The molecule has 1 rings (SSSR count). The first-order chi connectivity index (χ1) is 8.08. The summed E-state index contributed by atoms with van der Waals surface area (Å²) in [7, 11) is 3.15. The van der Waals surface area contributed by atoms with Gasteiger partial charge in [0.15, 0.2) is 11.6 Å². The molecule has 94 valence electrons. The largest absolute Gasteiger partial charge is 0.494 e. The van der Waals surface area contributed by atoms with Crippen molar-refractivity contribution >= 4 is 5.91 Å². The minimum Gasteiger partial charge on any atom is -0.494 e. The van der Waals surface area contributed by atoms with E-state index in [1.165, 1.54) is 13.2 Å². The van der Waals surface area contributed by atoms with Gasteiger partial charge >= 0.3 is 0 Å². The Balaban J connectivity index is 2.68. The fourth-order valence-electron chi connectivity index (χ4n) is 1.58. The number of ether oxygens (including phenoxy) is 1. The van der Waals surface area contributed by atoms with Crippen molar-refractivity contribution in [3.05, 3.63) is 29.6 Å². The third-order valence-corrected chi connectivity index (χ3v) is 2.53. The Hall–Kier alpha value is -1.58. The first-order valence-corrected chi connectivity index (χ1v) is 5.64. The van der Waals surface area contributed by atoms with Crippen molar-refractivity contribution in [3.8, 4) is 5.75 Å². The van der Waals surface area contributed by atoms with E-state index in [9.17, 15) is 9.18 Å². The predicted octanol–water partition coefficient (Wildman–Crippen LogP) is 2.59. The number of rotatable bonds is 5. The van der Waals surface area contributed by atoms with E-state index in [0.29, 0.717) is 13.0 Å². The minimum absolute atomic E-state index is 0.0729. The standard InChI is InChI=1S/C13H18FNO2/c1-4-5-13(16)15(2)9-10-6-7-12(17-3)11(14)8-10/h6-8H,4-5,9H2,1-3H3. The summed E-state index contributed by atoms with van der Waals surface area (Å²) in [5.74, 6) is -0.110. The van der Waals surface area contributed by atoms with E-state index in [1.54, 1.807) is 24.1 Å². The molecular formula is C13H18FNO2. The van der Waals surface area contributed by atoms with Crippen molar-refractivity contribution in [2.45, 2.75) is 26.3 Å². The van der Waals surface area contributed by atoms with E-state index in [4.69, 9.17) is 4.74 Å². The topological polar surface area (TPSA) is 29.5 Å². The van der Waals surface area contributed by atoms with Crippen LogP contribution in [0.1, 0.15) is 25.3 Å². The molecule has 1 amide bonds. The summed E-state index contributed by atoms with van der Waals surface area (Å²) >= 11 is 0. The Morgan fingerprint density at radius 2 is 2.18 bits per heavy atom. The van der Waals surface area contributed by atoms with Gasteiger partial charge in [0.2, 0.25) is 5.91 Å². The Morgan fingerprint density at radius 3 is 2.71 bits per heavy atom. The first-order valence-electron chi connectivity index (χ1n) is 5.64. The lowest BCUT2D eigenvalue weighted by molar-refractivity contribution is -0.130. The zero-order valence-electron chi connectivity index (χ0n) is 10.5. The predicted molar refractivity (Wildman–Crippen MR) is 64.3 cm³/mol. The number of hydrogen-bond acceptors (Lipinski definition) is 2. The van der Waals surface area contributed by atoms with Gasteiger partial charge in [-0.3, -0.25) is 4.79 Å². The van der Waals surface area contributed by atoms with Gasteiger partial charge in [0, 0.05) is 20.0 Å². The quantitative estimate of drug-likeness (QED) is 0.790. The zero-order valence-corrected chi connectivity index (χ0v) is 10.5. The molecule has 0 saturated carbocycles. The van der Waals surface area contributed by atoms with Crippen LogP contribution in [0, 0.1) is 5.82 Å². The van der Waals surface area contributed by atoms with Gasteiger partial charge in [0.05, 0.1) is 7.11 Å². The number of carbonyl (C=O) groups is 1. The average molecular weight is 239 g/mol. The summed E-state index contributed by atoms with van der Waals surface area (Å²) in [5, 5.41) is 0. The van der Waals surface area contributed by atoms with Crippen LogP contribution in [0.2, 0.25) is 0 Å². The Labute approximate surface area is 101 Å². The van der Waals surface area contributed by atoms with Crippen LogP contribution in [0.15, 0.2) is 18.2 Å². The van der Waals surface area contributed by atoms with Crippen molar-refractivity contribution in [1.29, 1.82) is 0 Å². The van der Waals surface area contributed by atoms with E-state index in [1.807, 2.05) is 6.92 Å². The zero-order chi connectivity index (χ0) is 12.8. The second-order valence-corrected chi connectivity index (χ2v) is 3.97. The highest BCUT2D eigenvalue weighted by atomic mass is 19.1.